The third-order valence-electron chi connectivity index (χ3n) is 3.51. The van der Waals surface area contributed by atoms with Crippen LogP contribution in [0.3, 0.4) is 0 Å². The zero-order valence-electron chi connectivity index (χ0n) is 11.1. The van der Waals surface area contributed by atoms with Crippen LogP contribution in [-0.4, -0.2) is 36.7 Å². The summed E-state index contributed by atoms with van der Waals surface area (Å²) >= 11 is 3.07. The van der Waals surface area contributed by atoms with Crippen LogP contribution < -0.4 is 4.72 Å². The molecule has 0 spiro atoms. The molecule has 1 aliphatic rings. The van der Waals surface area contributed by atoms with Gasteiger partial charge in [0, 0.05) is 10.5 Å². The molecule has 1 aromatic carbocycles. The van der Waals surface area contributed by atoms with E-state index in [1.807, 2.05) is 0 Å². The number of benzene rings is 1. The predicted octanol–water partition coefficient (Wildman–Crippen LogP) is 1.73. The zero-order valence-corrected chi connectivity index (χ0v) is 13.5. The molecule has 6 nitrogen and oxygen atoms in total. The van der Waals surface area contributed by atoms with E-state index in [1.165, 1.54) is 12.1 Å². The van der Waals surface area contributed by atoms with Crippen molar-refractivity contribution in [3.8, 4) is 0 Å². The highest BCUT2D eigenvalue weighted by molar-refractivity contribution is 9.10. The van der Waals surface area contributed by atoms with E-state index in [2.05, 4.69) is 20.7 Å². The molecule has 21 heavy (non-hydrogen) atoms. The van der Waals surface area contributed by atoms with Crippen LogP contribution in [0.2, 0.25) is 0 Å². The molecule has 3 N–H and O–H groups in total. The Morgan fingerprint density at radius 2 is 1.95 bits per heavy atom. The van der Waals surface area contributed by atoms with Crippen LogP contribution in [0.4, 0.5) is 0 Å². The molecule has 2 atom stereocenters. The molecule has 0 radical (unpaired) electrons. The van der Waals surface area contributed by atoms with Crippen LogP contribution in [0.15, 0.2) is 27.6 Å². The Morgan fingerprint density at radius 3 is 2.57 bits per heavy atom. The Kier molecular flexibility index (Phi) is 5.03. The smallest absolute Gasteiger partial charge is 0.336 e. The second-order valence-corrected chi connectivity index (χ2v) is 7.59. The van der Waals surface area contributed by atoms with E-state index in [0.717, 1.165) is 18.9 Å². The molecule has 1 aromatic rings. The maximum atomic E-state index is 12.3. The summed E-state index contributed by atoms with van der Waals surface area (Å²) in [6, 6.07) is 3.29. The van der Waals surface area contributed by atoms with Gasteiger partial charge in [-0.05, 0) is 47.0 Å². The number of hydrogen-bond acceptors (Lipinski definition) is 4. The number of sulfonamides is 1. The first-order chi connectivity index (χ1) is 9.81. The SMILES string of the molecule is O=C(O)c1cc(S(=O)(=O)N[C@H]2CCCC[C@@H]2O)ccc1Br. The molecular weight excluding hydrogens is 362 g/mol. The molecule has 0 heterocycles. The highest BCUT2D eigenvalue weighted by Crippen LogP contribution is 2.23. The molecule has 0 aromatic heterocycles. The van der Waals surface area contributed by atoms with Crippen molar-refractivity contribution in [3.05, 3.63) is 28.2 Å². The number of nitrogens with one attached hydrogen (secondary N) is 1. The molecule has 2 rings (SSSR count). The van der Waals surface area contributed by atoms with Crippen molar-refractivity contribution in [2.75, 3.05) is 0 Å². The molecule has 8 heteroatoms. The molecule has 1 fully saturated rings. The summed E-state index contributed by atoms with van der Waals surface area (Å²) in [5.74, 6) is -1.21. The Hall–Kier alpha value is -0.960. The first-order valence-corrected chi connectivity index (χ1v) is 8.82. The van der Waals surface area contributed by atoms with E-state index < -0.39 is 28.1 Å². The van der Waals surface area contributed by atoms with Gasteiger partial charge in [0.1, 0.15) is 0 Å². The van der Waals surface area contributed by atoms with Gasteiger partial charge in [-0.2, -0.15) is 0 Å². The van der Waals surface area contributed by atoms with Gasteiger partial charge in [0.05, 0.1) is 16.6 Å². The van der Waals surface area contributed by atoms with Crippen LogP contribution in [0.1, 0.15) is 36.0 Å². The Morgan fingerprint density at radius 1 is 1.29 bits per heavy atom. The number of carboxylic acids is 1. The van der Waals surface area contributed by atoms with Gasteiger partial charge in [0.2, 0.25) is 10.0 Å². The molecule has 1 aliphatic carbocycles. The molecule has 0 saturated heterocycles. The van der Waals surface area contributed by atoms with Crippen molar-refractivity contribution in [1.82, 2.24) is 4.72 Å². The van der Waals surface area contributed by atoms with Crippen LogP contribution >= 0.6 is 15.9 Å². The average molecular weight is 378 g/mol. The lowest BCUT2D eigenvalue weighted by Crippen LogP contribution is -2.44. The second-order valence-electron chi connectivity index (χ2n) is 5.03. The monoisotopic (exact) mass is 377 g/mol. The number of hydrogen-bond donors (Lipinski definition) is 3. The quantitative estimate of drug-likeness (QED) is 0.740. The summed E-state index contributed by atoms with van der Waals surface area (Å²) < 4.78 is 27.4. The molecular formula is C13H16BrNO5S. The summed E-state index contributed by atoms with van der Waals surface area (Å²) in [4.78, 5) is 10.9. The normalized spacial score (nSPS) is 23.0. The highest BCUT2D eigenvalue weighted by Gasteiger charge is 2.28. The number of aliphatic hydroxyl groups excluding tert-OH is 1. The lowest BCUT2D eigenvalue weighted by Gasteiger charge is -2.28. The number of rotatable bonds is 4. The predicted molar refractivity (Wildman–Crippen MR) is 79.7 cm³/mol. The van der Waals surface area contributed by atoms with E-state index in [0.29, 0.717) is 17.3 Å². The van der Waals surface area contributed by atoms with E-state index in [4.69, 9.17) is 5.11 Å². The molecule has 0 aliphatic heterocycles. The van der Waals surface area contributed by atoms with Crippen molar-refractivity contribution in [1.29, 1.82) is 0 Å². The van der Waals surface area contributed by atoms with E-state index in [-0.39, 0.29) is 10.5 Å². The van der Waals surface area contributed by atoms with E-state index in [1.54, 1.807) is 0 Å². The average Bonchev–Trinajstić information content (AvgIpc) is 2.41. The molecule has 0 amide bonds. The van der Waals surface area contributed by atoms with Gasteiger partial charge in [0.25, 0.3) is 0 Å². The Balaban J connectivity index is 2.27. The summed E-state index contributed by atoms with van der Waals surface area (Å²) in [7, 11) is -3.86. The number of aliphatic hydroxyl groups is 1. The fraction of sp³-hybridized carbons (Fsp3) is 0.462. The summed E-state index contributed by atoms with van der Waals surface area (Å²) in [6.07, 6.45) is 2.16. The maximum Gasteiger partial charge on any atom is 0.336 e. The number of carbonyl (C=O) groups is 1. The van der Waals surface area contributed by atoms with Gasteiger partial charge in [-0.1, -0.05) is 12.8 Å². The van der Waals surface area contributed by atoms with Gasteiger partial charge in [0.15, 0.2) is 0 Å². The van der Waals surface area contributed by atoms with Gasteiger partial charge in [-0.3, -0.25) is 0 Å². The first-order valence-electron chi connectivity index (χ1n) is 6.54. The largest absolute Gasteiger partial charge is 0.478 e. The van der Waals surface area contributed by atoms with Gasteiger partial charge >= 0.3 is 5.97 Å². The van der Waals surface area contributed by atoms with Crippen molar-refractivity contribution < 1.29 is 23.4 Å². The van der Waals surface area contributed by atoms with Crippen molar-refractivity contribution in [3.63, 3.8) is 0 Å². The van der Waals surface area contributed by atoms with Gasteiger partial charge in [-0.25, -0.2) is 17.9 Å². The van der Waals surface area contributed by atoms with Crippen LogP contribution in [-0.2, 0) is 10.0 Å². The topological polar surface area (TPSA) is 104 Å². The molecule has 0 bridgehead atoms. The van der Waals surface area contributed by atoms with E-state index >= 15 is 0 Å². The summed E-state index contributed by atoms with van der Waals surface area (Å²) in [5.41, 5.74) is -0.123. The van der Waals surface area contributed by atoms with E-state index in [9.17, 15) is 18.3 Å². The molecule has 116 valence electrons. The number of aromatic carboxylic acids is 1. The van der Waals surface area contributed by atoms with Gasteiger partial charge in [-0.15, -0.1) is 0 Å². The number of halogens is 1. The van der Waals surface area contributed by atoms with Gasteiger partial charge < -0.3 is 10.2 Å². The maximum absolute atomic E-state index is 12.3. The van der Waals surface area contributed by atoms with Crippen molar-refractivity contribution in [2.24, 2.45) is 0 Å². The molecule has 0 unspecified atom stereocenters. The molecule has 1 saturated carbocycles. The first kappa shape index (κ1) is 16.4. The highest BCUT2D eigenvalue weighted by atomic mass is 79.9. The third-order valence-corrected chi connectivity index (χ3v) is 5.69. The standard InChI is InChI=1S/C13H16BrNO5S/c14-10-6-5-8(7-9(10)13(17)18)21(19,20)15-11-3-1-2-4-12(11)16/h5-7,11-12,15-16H,1-4H2,(H,17,18)/t11-,12-/m0/s1. The van der Waals surface area contributed by atoms with Crippen molar-refractivity contribution in [2.45, 2.75) is 42.7 Å². The van der Waals surface area contributed by atoms with Crippen LogP contribution in [0.5, 0.6) is 0 Å². The third kappa shape index (κ3) is 3.82. The zero-order chi connectivity index (χ0) is 15.6. The lowest BCUT2D eigenvalue weighted by molar-refractivity contribution is 0.0695. The summed E-state index contributed by atoms with van der Waals surface area (Å²) in [6.45, 7) is 0. The fourth-order valence-corrected chi connectivity index (χ4v) is 4.10. The Bertz CT molecular complexity index is 646. The minimum atomic E-state index is -3.86. The minimum absolute atomic E-state index is 0.123. The second kappa shape index (κ2) is 6.43. The summed E-state index contributed by atoms with van der Waals surface area (Å²) in [5, 5.41) is 18.9. The fourth-order valence-electron chi connectivity index (χ4n) is 2.35. The number of carboxylic acid groups (broad SMARTS) is 1. The lowest BCUT2D eigenvalue weighted by atomic mass is 9.93. The van der Waals surface area contributed by atoms with Crippen molar-refractivity contribution >= 4 is 31.9 Å². The van der Waals surface area contributed by atoms with Crippen LogP contribution in [0.25, 0.3) is 0 Å². The minimum Gasteiger partial charge on any atom is -0.478 e. The van der Waals surface area contributed by atoms with Crippen LogP contribution in [0, 0.1) is 0 Å². The Labute approximate surface area is 131 Å².